The first-order valence-electron chi connectivity index (χ1n) is 24.8. The third kappa shape index (κ3) is 5.46. The van der Waals surface area contributed by atoms with E-state index in [0.29, 0.717) is 11.4 Å². The molecule has 11 aromatic rings. The molecule has 0 saturated heterocycles. The van der Waals surface area contributed by atoms with Gasteiger partial charge >= 0.3 is 0 Å². The van der Waals surface area contributed by atoms with E-state index in [0.717, 1.165) is 33.0 Å². The predicted molar refractivity (Wildman–Crippen MR) is 271 cm³/mol. The third-order valence-electron chi connectivity index (χ3n) is 14.1. The Bertz CT molecular complexity index is 3640. The SMILES string of the molecule is [2H]c1c([2H])c([2H])c(N(c2ccc(C3(c4ccccc4)c4ccccc4-c4cc5ccccc5cc43)cc2)c2ccc(C3(c4ccccc4)c4ccccc4-c4cc5ccccc5cc43)cc2)c([2H])c1[2H]. The van der Waals surface area contributed by atoms with Crippen LogP contribution in [0, 0.1) is 0 Å². The second-order valence-corrected chi connectivity index (χ2v) is 17.2. The fraction of sp³-hybridized carbons (Fsp3) is 0.0312. The molecular formula is C64H43N. The summed E-state index contributed by atoms with van der Waals surface area (Å²) in [6.45, 7) is 0. The van der Waals surface area contributed by atoms with E-state index in [-0.39, 0.29) is 17.8 Å². The number of nitrogens with zero attached hydrogens (tertiary/aromatic N) is 1. The molecule has 11 aromatic carbocycles. The van der Waals surface area contributed by atoms with Gasteiger partial charge in [-0.05, 0) is 149 Å². The van der Waals surface area contributed by atoms with Crippen molar-refractivity contribution in [3.05, 3.63) is 305 Å². The van der Waals surface area contributed by atoms with Crippen LogP contribution in [0.2, 0.25) is 0 Å². The first-order valence-corrected chi connectivity index (χ1v) is 22.3. The highest BCUT2D eigenvalue weighted by Gasteiger charge is 2.47. The molecule has 0 aliphatic heterocycles. The zero-order valence-corrected chi connectivity index (χ0v) is 35.4. The summed E-state index contributed by atoms with van der Waals surface area (Å²) in [4.78, 5) is 1.83. The van der Waals surface area contributed by atoms with Crippen molar-refractivity contribution in [2.75, 3.05) is 4.90 Å². The highest BCUT2D eigenvalue weighted by atomic mass is 15.1. The highest BCUT2D eigenvalue weighted by molar-refractivity contribution is 5.97. The van der Waals surface area contributed by atoms with Gasteiger partial charge in [-0.1, -0.05) is 200 Å². The van der Waals surface area contributed by atoms with E-state index in [9.17, 15) is 2.74 Å². The molecule has 1 nitrogen and oxygen atoms in total. The minimum atomic E-state index is -0.677. The summed E-state index contributed by atoms with van der Waals surface area (Å²) >= 11 is 0. The average Bonchev–Trinajstić information content (AvgIpc) is 3.87. The van der Waals surface area contributed by atoms with Crippen LogP contribution in [0.4, 0.5) is 17.1 Å². The van der Waals surface area contributed by atoms with Gasteiger partial charge in [-0.25, -0.2) is 0 Å². The lowest BCUT2D eigenvalue weighted by Gasteiger charge is -2.35. The standard InChI is InChI=1S/C64H43N/c1-4-22-48(23-5-1)63(59-30-16-14-28-55(59)57-40-44-18-10-12-20-46(44)42-61(57)63)50-32-36-53(37-33-50)65(52-26-8-3-9-27-52)54-38-34-51(35-39-54)64(49-24-6-2-7-25-49)60-31-17-15-29-56(60)58-41-45-19-11-13-21-47(45)43-62(58)64/h1-43H/i3D,8D,9D,26D,27D. The van der Waals surface area contributed by atoms with Crippen LogP contribution in [-0.4, -0.2) is 0 Å². The van der Waals surface area contributed by atoms with Crippen molar-refractivity contribution >= 4 is 38.6 Å². The topological polar surface area (TPSA) is 3.24 Å². The number of benzene rings is 11. The van der Waals surface area contributed by atoms with Gasteiger partial charge in [-0.3, -0.25) is 0 Å². The number of hydrogen-bond donors (Lipinski definition) is 0. The second-order valence-electron chi connectivity index (χ2n) is 17.2. The Morgan fingerprint density at radius 1 is 0.277 bits per heavy atom. The molecule has 0 fully saturated rings. The van der Waals surface area contributed by atoms with Crippen LogP contribution in [0.25, 0.3) is 43.8 Å². The van der Waals surface area contributed by atoms with Crippen molar-refractivity contribution in [3.63, 3.8) is 0 Å². The zero-order valence-electron chi connectivity index (χ0n) is 40.4. The molecule has 0 amide bonds. The molecule has 0 bridgehead atoms. The normalized spacial score (nSPS) is 17.8. The maximum absolute atomic E-state index is 9.35. The Morgan fingerprint density at radius 2 is 0.631 bits per heavy atom. The van der Waals surface area contributed by atoms with E-state index in [1.165, 1.54) is 55.3 Å². The van der Waals surface area contributed by atoms with E-state index in [1.807, 2.05) is 29.2 Å². The quantitative estimate of drug-likeness (QED) is 0.155. The van der Waals surface area contributed by atoms with Crippen LogP contribution in [0.3, 0.4) is 0 Å². The van der Waals surface area contributed by atoms with Crippen molar-refractivity contribution < 1.29 is 6.85 Å². The highest BCUT2D eigenvalue weighted by Crippen LogP contribution is 2.59. The largest absolute Gasteiger partial charge is 0.311 e. The van der Waals surface area contributed by atoms with Crippen LogP contribution in [0.15, 0.2) is 261 Å². The number of anilines is 3. The number of fused-ring (bicyclic) bond motifs is 8. The van der Waals surface area contributed by atoms with Crippen LogP contribution in [0.5, 0.6) is 0 Å². The molecule has 13 rings (SSSR count). The Kier molecular flexibility index (Phi) is 7.31. The maximum Gasteiger partial charge on any atom is 0.0713 e. The van der Waals surface area contributed by atoms with Crippen molar-refractivity contribution in [2.24, 2.45) is 0 Å². The Morgan fingerprint density at radius 3 is 1.06 bits per heavy atom. The summed E-state index contributed by atoms with van der Waals surface area (Å²) in [5, 5.41) is 4.68. The van der Waals surface area contributed by atoms with Crippen LogP contribution >= 0.6 is 0 Å². The number of hydrogen-bond acceptors (Lipinski definition) is 1. The molecule has 0 aromatic heterocycles. The fourth-order valence-corrected chi connectivity index (χ4v) is 11.4. The summed E-state index contributed by atoms with van der Waals surface area (Å²) in [6, 6.07) is 80.1. The van der Waals surface area contributed by atoms with E-state index in [1.54, 1.807) is 0 Å². The predicted octanol–water partition coefficient (Wildman–Crippen LogP) is 16.2. The minimum Gasteiger partial charge on any atom is -0.311 e. The molecule has 2 aliphatic rings. The Balaban J connectivity index is 1.02. The van der Waals surface area contributed by atoms with Gasteiger partial charge in [-0.2, -0.15) is 0 Å². The monoisotopic (exact) mass is 830 g/mol. The van der Waals surface area contributed by atoms with Gasteiger partial charge in [-0.15, -0.1) is 0 Å². The molecule has 65 heavy (non-hydrogen) atoms. The molecule has 0 saturated carbocycles. The minimum absolute atomic E-state index is 0.0769. The summed E-state index contributed by atoms with van der Waals surface area (Å²) in [6.07, 6.45) is 0. The van der Waals surface area contributed by atoms with Crippen LogP contribution < -0.4 is 4.90 Å². The van der Waals surface area contributed by atoms with Gasteiger partial charge in [0.2, 0.25) is 0 Å². The molecule has 0 spiro atoms. The van der Waals surface area contributed by atoms with Crippen molar-refractivity contribution in [3.8, 4) is 22.3 Å². The molecule has 2 aliphatic carbocycles. The Labute approximate surface area is 387 Å². The van der Waals surface area contributed by atoms with Gasteiger partial charge in [0, 0.05) is 17.1 Å². The van der Waals surface area contributed by atoms with Crippen molar-refractivity contribution in [1.29, 1.82) is 0 Å². The van der Waals surface area contributed by atoms with Gasteiger partial charge in [0.05, 0.1) is 17.7 Å². The molecular weight excluding hydrogens is 783 g/mol. The zero-order chi connectivity index (χ0) is 47.3. The van der Waals surface area contributed by atoms with Crippen molar-refractivity contribution in [2.45, 2.75) is 10.8 Å². The van der Waals surface area contributed by atoms with Crippen molar-refractivity contribution in [1.82, 2.24) is 0 Å². The lowest BCUT2D eigenvalue weighted by Crippen LogP contribution is -2.28. The maximum atomic E-state index is 9.35. The molecule has 0 heterocycles. The molecule has 2 atom stereocenters. The van der Waals surface area contributed by atoms with E-state index in [4.69, 9.17) is 4.11 Å². The fourth-order valence-electron chi connectivity index (χ4n) is 11.4. The Hall–Kier alpha value is -8.26. The third-order valence-corrected chi connectivity index (χ3v) is 14.1. The van der Waals surface area contributed by atoms with Gasteiger partial charge in [0.15, 0.2) is 0 Å². The van der Waals surface area contributed by atoms with Crippen LogP contribution in [-0.2, 0) is 10.8 Å². The smallest absolute Gasteiger partial charge is 0.0713 e. The lowest BCUT2D eigenvalue weighted by atomic mass is 9.67. The van der Waals surface area contributed by atoms with E-state index < -0.39 is 29.0 Å². The lowest BCUT2D eigenvalue weighted by molar-refractivity contribution is 0.769. The number of rotatable bonds is 7. The first kappa shape index (κ1) is 32.4. The average molecular weight is 831 g/mol. The molecule has 1 heteroatoms. The first-order chi connectivity index (χ1) is 34.3. The molecule has 0 N–H and O–H groups in total. The summed E-state index contributed by atoms with van der Waals surface area (Å²) in [7, 11) is 0. The van der Waals surface area contributed by atoms with Gasteiger partial charge in [0.1, 0.15) is 0 Å². The van der Waals surface area contributed by atoms with Crippen LogP contribution in [0.1, 0.15) is 51.4 Å². The summed E-state index contributed by atoms with van der Waals surface area (Å²) in [5.41, 5.74) is 13.9. The summed E-state index contributed by atoms with van der Waals surface area (Å²) < 4.78 is 45.0. The second kappa shape index (κ2) is 14.7. The molecule has 0 radical (unpaired) electrons. The van der Waals surface area contributed by atoms with Gasteiger partial charge < -0.3 is 4.90 Å². The molecule has 2 unspecified atom stereocenters. The van der Waals surface area contributed by atoms with Gasteiger partial charge in [0.25, 0.3) is 0 Å². The molecule has 304 valence electrons. The summed E-state index contributed by atoms with van der Waals surface area (Å²) in [5.74, 6) is 0. The van der Waals surface area contributed by atoms with E-state index >= 15 is 0 Å². The van der Waals surface area contributed by atoms with E-state index in [2.05, 4.69) is 206 Å². The number of para-hydroxylation sites is 1.